The SMILES string of the molecule is CC(C)(C)c1ccc2c(c1)-c1nc-2nc2[n-]c(nc3nc(nc4[n-]c(n1)c1cccc([N+](C)(C)C)c41)C1=C3CC(C(C)(C)C)C=C1)c1ccc(C(C)(C)C)cc21.[Co+2]. The van der Waals surface area contributed by atoms with Crippen molar-refractivity contribution in [2.24, 2.45) is 11.3 Å². The third kappa shape index (κ3) is 6.61. The van der Waals surface area contributed by atoms with Crippen LogP contribution in [0.15, 0.2) is 66.7 Å². The molecule has 10 heteroatoms. The first-order chi connectivity index (χ1) is 26.2. The van der Waals surface area contributed by atoms with E-state index in [4.69, 9.17) is 39.9 Å². The summed E-state index contributed by atoms with van der Waals surface area (Å²) in [6, 6.07) is 19.3. The largest absolute Gasteiger partial charge is 2.00 e. The fourth-order valence-corrected chi connectivity index (χ4v) is 8.00. The van der Waals surface area contributed by atoms with E-state index in [-0.39, 0.29) is 33.0 Å². The second-order valence-corrected chi connectivity index (χ2v) is 19.6. The Bertz CT molecular complexity index is 2880. The summed E-state index contributed by atoms with van der Waals surface area (Å²) in [6.07, 6.45) is 5.29. The number of quaternary nitrogens is 1. The maximum Gasteiger partial charge on any atom is 2.00 e. The summed E-state index contributed by atoms with van der Waals surface area (Å²) in [7, 11) is 6.49. The number of nitrogens with zero attached hydrogens (tertiary/aromatic N) is 9. The van der Waals surface area contributed by atoms with Gasteiger partial charge >= 0.3 is 16.8 Å². The molecule has 0 N–H and O–H groups in total. The van der Waals surface area contributed by atoms with E-state index < -0.39 is 0 Å². The van der Waals surface area contributed by atoms with Gasteiger partial charge in [0.1, 0.15) is 5.69 Å². The van der Waals surface area contributed by atoms with Gasteiger partial charge in [0, 0.05) is 44.7 Å². The van der Waals surface area contributed by atoms with Crippen LogP contribution in [-0.4, -0.2) is 51.0 Å². The first kappa shape index (κ1) is 38.8. The Hall–Kier alpha value is -5.03. The van der Waals surface area contributed by atoms with Crippen LogP contribution < -0.4 is 14.5 Å². The van der Waals surface area contributed by atoms with E-state index in [1.807, 2.05) is 0 Å². The van der Waals surface area contributed by atoms with Crippen molar-refractivity contribution >= 4 is 61.0 Å². The molecular weight excluding hydrogens is 750 g/mol. The number of fused-ring (bicyclic) bond motifs is 19. The smallest absolute Gasteiger partial charge is 0.357 e. The Morgan fingerprint density at radius 1 is 0.579 bits per heavy atom. The second-order valence-electron chi connectivity index (χ2n) is 19.6. The van der Waals surface area contributed by atoms with Gasteiger partial charge in [0.15, 0.2) is 0 Å². The van der Waals surface area contributed by atoms with Gasteiger partial charge in [-0.25, -0.2) is 9.97 Å². The topological polar surface area (TPSA) is 106 Å². The number of benzene rings is 3. The molecule has 0 spiro atoms. The molecule has 6 aromatic rings. The normalized spacial score (nSPS) is 15.9. The minimum Gasteiger partial charge on any atom is -0.357 e. The van der Waals surface area contributed by atoms with E-state index in [0.717, 1.165) is 55.9 Å². The van der Waals surface area contributed by atoms with Crippen LogP contribution in [0.4, 0.5) is 5.69 Å². The standard InChI is InChI=1S/C47H50N9.Co/c1-45(2,3)25-16-19-28-32(22-25)41-48-37(28)50-42-34-24-27(47(7,8)9)18-21-30(34)39(52-42)54-44-36-31(14-13-15-35(36)56(10,11)12)40(55-44)53-43-33-23-26(46(4,5)6)17-20-29(33)38(49-41)51-43;/h13-23,27H,24H2,1-12H3;/q-1;+2. The third-order valence-electron chi connectivity index (χ3n) is 11.5. The van der Waals surface area contributed by atoms with Crippen molar-refractivity contribution in [3.8, 4) is 22.8 Å². The van der Waals surface area contributed by atoms with Crippen LogP contribution in [0.25, 0.3) is 78.1 Å². The van der Waals surface area contributed by atoms with Crippen LogP contribution in [0.1, 0.15) is 91.5 Å². The average Bonchev–Trinajstić information content (AvgIpc) is 3.84. The van der Waals surface area contributed by atoms with E-state index in [0.29, 0.717) is 56.3 Å². The molecule has 1 atom stereocenters. The predicted molar refractivity (Wildman–Crippen MR) is 230 cm³/mol. The van der Waals surface area contributed by atoms with Gasteiger partial charge in [-0.05, 0) is 74.3 Å². The molecule has 3 aromatic carbocycles. The zero-order valence-electron chi connectivity index (χ0n) is 35.0. The van der Waals surface area contributed by atoms with Crippen molar-refractivity contribution in [3.05, 3.63) is 89.5 Å². The fourth-order valence-electron chi connectivity index (χ4n) is 8.00. The number of hydrogen-bond acceptors (Lipinski definition) is 6. The third-order valence-corrected chi connectivity index (χ3v) is 11.5. The molecule has 1 radical (unpaired) electrons. The van der Waals surface area contributed by atoms with Crippen LogP contribution in [0, 0.1) is 11.3 Å². The quantitative estimate of drug-likeness (QED) is 0.151. The first-order valence-electron chi connectivity index (χ1n) is 19.6. The maximum atomic E-state index is 5.32. The van der Waals surface area contributed by atoms with Crippen molar-refractivity contribution in [3.63, 3.8) is 0 Å². The maximum absolute atomic E-state index is 5.32. The van der Waals surface area contributed by atoms with E-state index in [9.17, 15) is 0 Å². The van der Waals surface area contributed by atoms with E-state index in [1.165, 1.54) is 11.1 Å². The fraction of sp³-hybridized carbons (Fsp3) is 0.362. The molecule has 3 aliphatic rings. The Morgan fingerprint density at radius 2 is 1.16 bits per heavy atom. The molecule has 9 nitrogen and oxygen atoms in total. The van der Waals surface area contributed by atoms with Gasteiger partial charge in [0.05, 0.1) is 49.8 Å². The Kier molecular flexibility index (Phi) is 8.85. The molecule has 9 rings (SSSR count). The zero-order valence-corrected chi connectivity index (χ0v) is 36.0. The van der Waals surface area contributed by atoms with Gasteiger partial charge in [-0.15, -0.1) is 0 Å². The van der Waals surface area contributed by atoms with Crippen LogP contribution in [0.5, 0.6) is 0 Å². The average molecular weight is 800 g/mol. The predicted octanol–water partition coefficient (Wildman–Crippen LogP) is 10.1. The van der Waals surface area contributed by atoms with E-state index in [1.54, 1.807) is 0 Å². The molecule has 0 saturated carbocycles. The number of hydrogen-bond donors (Lipinski definition) is 0. The molecule has 1 aliphatic carbocycles. The Balaban J connectivity index is 0.00000455. The minimum atomic E-state index is -0.0823. The van der Waals surface area contributed by atoms with Crippen molar-refractivity contribution in [1.29, 1.82) is 0 Å². The Morgan fingerprint density at radius 3 is 1.84 bits per heavy atom. The van der Waals surface area contributed by atoms with Gasteiger partial charge in [-0.1, -0.05) is 111 Å². The van der Waals surface area contributed by atoms with Crippen molar-refractivity contribution in [1.82, 2.24) is 44.4 Å². The van der Waals surface area contributed by atoms with E-state index >= 15 is 0 Å². The van der Waals surface area contributed by atoms with Crippen LogP contribution in [-0.2, 0) is 27.6 Å². The number of allylic oxidation sites excluding steroid dienone is 4. The van der Waals surface area contributed by atoms with Gasteiger partial charge in [0.2, 0.25) is 0 Å². The summed E-state index contributed by atoms with van der Waals surface area (Å²) in [5, 5.41) is 3.72. The molecule has 0 amide bonds. The molecule has 5 heterocycles. The molecule has 8 bridgehead atoms. The minimum absolute atomic E-state index is 0. The van der Waals surface area contributed by atoms with Crippen molar-refractivity contribution < 1.29 is 16.8 Å². The van der Waals surface area contributed by atoms with E-state index in [2.05, 4.69) is 150 Å². The molecule has 1 unspecified atom stereocenters. The zero-order chi connectivity index (χ0) is 39.7. The first-order valence-corrected chi connectivity index (χ1v) is 19.6. The second kappa shape index (κ2) is 13.0. The summed E-state index contributed by atoms with van der Waals surface area (Å²) < 4.78 is 0.579. The van der Waals surface area contributed by atoms with Crippen molar-refractivity contribution in [2.45, 2.75) is 79.6 Å². The molecule has 3 aromatic heterocycles. The van der Waals surface area contributed by atoms with Crippen molar-refractivity contribution in [2.75, 3.05) is 21.1 Å². The van der Waals surface area contributed by atoms with Gasteiger partial charge in [0.25, 0.3) is 0 Å². The summed E-state index contributed by atoms with van der Waals surface area (Å²) in [6.45, 7) is 20.2. The summed E-state index contributed by atoms with van der Waals surface area (Å²) in [5.41, 5.74) is 9.55. The number of aromatic nitrogens is 8. The van der Waals surface area contributed by atoms with Gasteiger partial charge < -0.3 is 29.9 Å². The molecule has 0 fully saturated rings. The molecule has 57 heavy (non-hydrogen) atoms. The molecular formula is C47H50CoN9+. The summed E-state index contributed by atoms with van der Waals surface area (Å²) >= 11 is 0. The number of rotatable bonds is 1. The van der Waals surface area contributed by atoms with Crippen LogP contribution in [0.2, 0.25) is 0 Å². The Labute approximate surface area is 345 Å². The van der Waals surface area contributed by atoms with Crippen LogP contribution in [0.3, 0.4) is 0 Å². The van der Waals surface area contributed by atoms with Gasteiger partial charge in [-0.2, -0.15) is 0 Å². The monoisotopic (exact) mass is 799 g/mol. The summed E-state index contributed by atoms with van der Waals surface area (Å²) in [5.74, 6) is 2.67. The molecule has 0 saturated heterocycles. The summed E-state index contributed by atoms with van der Waals surface area (Å²) in [4.78, 5) is 41.9. The molecule has 291 valence electrons. The van der Waals surface area contributed by atoms with Crippen LogP contribution >= 0.6 is 0 Å². The molecule has 2 aliphatic heterocycles. The van der Waals surface area contributed by atoms with Gasteiger partial charge in [-0.3, -0.25) is 4.48 Å².